The molecule has 1 aromatic heterocycles. The highest BCUT2D eigenvalue weighted by molar-refractivity contribution is 6.10. The fourth-order valence-corrected chi connectivity index (χ4v) is 2.17. The summed E-state index contributed by atoms with van der Waals surface area (Å²) in [4.78, 5) is 16.7. The molecular weight excluding hydrogens is 253 g/mol. The number of halogens is 1. The number of hydrogen-bond acceptors (Lipinski definition) is 2. The van der Waals surface area contributed by atoms with Crippen LogP contribution in [-0.2, 0) is 0 Å². The normalized spacial score (nSPS) is 10.7. The lowest BCUT2D eigenvalue weighted by Gasteiger charge is -2.04. The van der Waals surface area contributed by atoms with E-state index >= 15 is 0 Å². The summed E-state index contributed by atoms with van der Waals surface area (Å²) >= 11 is 0. The molecule has 0 saturated heterocycles. The lowest BCUT2D eigenvalue weighted by molar-refractivity contribution is 0.103. The minimum absolute atomic E-state index is 0.188. The summed E-state index contributed by atoms with van der Waals surface area (Å²) < 4.78 is 13.2. The van der Waals surface area contributed by atoms with Crippen molar-refractivity contribution in [3.05, 3.63) is 77.2 Å². The lowest BCUT2D eigenvalue weighted by atomic mass is 10.0. The second kappa shape index (κ2) is 4.85. The van der Waals surface area contributed by atoms with Gasteiger partial charge in [0.1, 0.15) is 5.82 Å². The quantitative estimate of drug-likeness (QED) is 0.657. The van der Waals surface area contributed by atoms with E-state index in [0.29, 0.717) is 11.1 Å². The molecule has 1 heterocycles. The lowest BCUT2D eigenvalue weighted by Crippen LogP contribution is -2.01. The smallest absolute Gasteiger partial charge is 0.193 e. The van der Waals surface area contributed by atoms with Gasteiger partial charge in [-0.3, -0.25) is 9.78 Å². The molecule has 3 heteroatoms. The number of carbonyl (C=O) groups excluding carboxylic acids is 1. The Morgan fingerprint density at radius 2 is 1.80 bits per heavy atom. The van der Waals surface area contributed by atoms with Crippen LogP contribution >= 0.6 is 0 Å². The van der Waals surface area contributed by atoms with E-state index in [1.807, 2.05) is 25.1 Å². The third-order valence-corrected chi connectivity index (χ3v) is 3.18. The van der Waals surface area contributed by atoms with Crippen molar-refractivity contribution in [2.24, 2.45) is 0 Å². The first kappa shape index (κ1) is 12.5. The van der Waals surface area contributed by atoms with Gasteiger partial charge < -0.3 is 0 Å². The Morgan fingerprint density at radius 3 is 2.60 bits per heavy atom. The van der Waals surface area contributed by atoms with E-state index in [-0.39, 0.29) is 5.78 Å². The highest BCUT2D eigenvalue weighted by atomic mass is 19.1. The third-order valence-electron chi connectivity index (χ3n) is 3.18. The number of benzene rings is 2. The number of pyridine rings is 1. The molecule has 0 atom stereocenters. The van der Waals surface area contributed by atoms with Crippen LogP contribution < -0.4 is 0 Å². The number of hydrogen-bond donors (Lipinski definition) is 0. The van der Waals surface area contributed by atoms with Gasteiger partial charge in [0.2, 0.25) is 0 Å². The van der Waals surface area contributed by atoms with Gasteiger partial charge in [-0.25, -0.2) is 4.39 Å². The number of ketones is 1. The summed E-state index contributed by atoms with van der Waals surface area (Å²) in [7, 11) is 0. The van der Waals surface area contributed by atoms with Gasteiger partial charge in [0, 0.05) is 22.2 Å². The maximum atomic E-state index is 13.2. The average molecular weight is 265 g/mol. The molecule has 0 radical (unpaired) electrons. The Balaban J connectivity index is 2.06. The van der Waals surface area contributed by atoms with E-state index < -0.39 is 5.82 Å². The molecule has 3 aromatic rings. The molecule has 0 spiro atoms. The predicted octanol–water partition coefficient (Wildman–Crippen LogP) is 3.91. The van der Waals surface area contributed by atoms with Gasteiger partial charge in [0.25, 0.3) is 0 Å². The summed E-state index contributed by atoms with van der Waals surface area (Å²) in [5.74, 6) is -0.596. The zero-order chi connectivity index (χ0) is 14.1. The molecule has 0 N–H and O–H groups in total. The highest BCUT2D eigenvalue weighted by Gasteiger charge is 2.10. The molecule has 20 heavy (non-hydrogen) atoms. The molecule has 0 fully saturated rings. The molecule has 0 aliphatic heterocycles. The van der Waals surface area contributed by atoms with Crippen molar-refractivity contribution < 1.29 is 9.18 Å². The maximum absolute atomic E-state index is 13.2. The van der Waals surface area contributed by atoms with Gasteiger partial charge in [0.15, 0.2) is 5.78 Å². The zero-order valence-electron chi connectivity index (χ0n) is 10.9. The van der Waals surface area contributed by atoms with E-state index in [0.717, 1.165) is 16.6 Å². The van der Waals surface area contributed by atoms with E-state index in [4.69, 9.17) is 0 Å². The number of fused-ring (bicyclic) bond motifs is 1. The molecule has 98 valence electrons. The van der Waals surface area contributed by atoms with E-state index in [9.17, 15) is 9.18 Å². The van der Waals surface area contributed by atoms with Gasteiger partial charge in [-0.05, 0) is 43.3 Å². The van der Waals surface area contributed by atoms with Crippen molar-refractivity contribution in [3.8, 4) is 0 Å². The van der Waals surface area contributed by atoms with Crippen LogP contribution in [0.25, 0.3) is 10.9 Å². The van der Waals surface area contributed by atoms with Gasteiger partial charge in [-0.2, -0.15) is 0 Å². The van der Waals surface area contributed by atoms with Crippen LogP contribution in [0.3, 0.4) is 0 Å². The fourth-order valence-electron chi connectivity index (χ4n) is 2.17. The first-order valence-corrected chi connectivity index (χ1v) is 6.31. The van der Waals surface area contributed by atoms with Crippen molar-refractivity contribution in [1.82, 2.24) is 4.98 Å². The number of aryl methyl sites for hydroxylation is 1. The zero-order valence-corrected chi connectivity index (χ0v) is 10.9. The van der Waals surface area contributed by atoms with Crippen LogP contribution in [0.1, 0.15) is 21.6 Å². The summed E-state index contributed by atoms with van der Waals surface area (Å²) in [6.45, 7) is 1.92. The van der Waals surface area contributed by atoms with Gasteiger partial charge in [0.05, 0.1) is 5.52 Å². The van der Waals surface area contributed by atoms with Crippen molar-refractivity contribution in [1.29, 1.82) is 0 Å². The minimum Gasteiger partial charge on any atom is -0.289 e. The number of carbonyl (C=O) groups is 1. The third kappa shape index (κ3) is 2.30. The summed E-state index contributed by atoms with van der Waals surface area (Å²) in [6, 6.07) is 14.9. The Hall–Kier alpha value is -2.55. The fraction of sp³-hybridized carbons (Fsp3) is 0.0588. The minimum atomic E-state index is -0.408. The topological polar surface area (TPSA) is 30.0 Å². The van der Waals surface area contributed by atoms with Gasteiger partial charge in [-0.15, -0.1) is 0 Å². The summed E-state index contributed by atoms with van der Waals surface area (Å²) in [5, 5.41) is 0.901. The Kier molecular flexibility index (Phi) is 3.03. The molecule has 0 saturated carbocycles. The van der Waals surface area contributed by atoms with E-state index in [2.05, 4.69) is 4.98 Å². The highest BCUT2D eigenvalue weighted by Crippen LogP contribution is 2.18. The summed E-state index contributed by atoms with van der Waals surface area (Å²) in [5.41, 5.74) is 2.67. The van der Waals surface area contributed by atoms with Crippen LogP contribution in [0.15, 0.2) is 54.6 Å². The number of aromatic nitrogens is 1. The predicted molar refractivity (Wildman–Crippen MR) is 76.3 cm³/mol. The largest absolute Gasteiger partial charge is 0.289 e. The molecule has 2 nitrogen and oxygen atoms in total. The monoisotopic (exact) mass is 265 g/mol. The standard InChI is InChI=1S/C17H12FNO/c1-11-5-6-12-9-14(7-8-16(12)19-11)17(20)13-3-2-4-15(18)10-13/h2-10H,1H3. The van der Waals surface area contributed by atoms with Crippen LogP contribution in [-0.4, -0.2) is 10.8 Å². The van der Waals surface area contributed by atoms with Crippen LogP contribution in [0.4, 0.5) is 4.39 Å². The van der Waals surface area contributed by atoms with Gasteiger partial charge in [-0.1, -0.05) is 18.2 Å². The van der Waals surface area contributed by atoms with Crippen LogP contribution in [0, 0.1) is 12.7 Å². The van der Waals surface area contributed by atoms with E-state index in [1.165, 1.54) is 18.2 Å². The van der Waals surface area contributed by atoms with Crippen LogP contribution in [0.5, 0.6) is 0 Å². The molecule has 0 aliphatic carbocycles. The SMILES string of the molecule is Cc1ccc2cc(C(=O)c3cccc(F)c3)ccc2n1. The second-order valence-electron chi connectivity index (χ2n) is 4.70. The molecule has 0 bridgehead atoms. The van der Waals surface area contributed by atoms with Crippen molar-refractivity contribution in [2.75, 3.05) is 0 Å². The molecule has 0 aliphatic rings. The molecule has 3 rings (SSSR count). The number of rotatable bonds is 2. The van der Waals surface area contributed by atoms with Crippen LogP contribution in [0.2, 0.25) is 0 Å². The molecule has 0 unspecified atom stereocenters. The Bertz CT molecular complexity index is 811. The molecule has 0 amide bonds. The van der Waals surface area contributed by atoms with Crippen molar-refractivity contribution in [2.45, 2.75) is 6.92 Å². The van der Waals surface area contributed by atoms with E-state index in [1.54, 1.807) is 18.2 Å². The van der Waals surface area contributed by atoms with Gasteiger partial charge >= 0.3 is 0 Å². The molecule has 2 aromatic carbocycles. The van der Waals surface area contributed by atoms with Crippen molar-refractivity contribution >= 4 is 16.7 Å². The maximum Gasteiger partial charge on any atom is 0.193 e. The Labute approximate surface area is 115 Å². The average Bonchev–Trinajstić information content (AvgIpc) is 2.46. The molecular formula is C17H12FNO. The number of nitrogens with zero attached hydrogens (tertiary/aromatic N) is 1. The second-order valence-corrected chi connectivity index (χ2v) is 4.70. The summed E-state index contributed by atoms with van der Waals surface area (Å²) in [6.07, 6.45) is 0. The Morgan fingerprint density at radius 1 is 1.00 bits per heavy atom. The van der Waals surface area contributed by atoms with Crippen molar-refractivity contribution in [3.63, 3.8) is 0 Å². The first-order chi connectivity index (χ1) is 9.63. The first-order valence-electron chi connectivity index (χ1n) is 6.31.